The van der Waals surface area contributed by atoms with E-state index in [1.807, 2.05) is 13.8 Å². The third-order valence-corrected chi connectivity index (χ3v) is 1.49. The molecule has 0 saturated heterocycles. The Labute approximate surface area is 104 Å². The van der Waals surface area contributed by atoms with Gasteiger partial charge in [0.15, 0.2) is 0 Å². The van der Waals surface area contributed by atoms with Gasteiger partial charge < -0.3 is 10.2 Å². The maximum Gasteiger partial charge on any atom is 0.303 e. The fourth-order valence-electron chi connectivity index (χ4n) is 0.656. The molecule has 4 nitrogen and oxygen atoms in total. The summed E-state index contributed by atoms with van der Waals surface area (Å²) in [6, 6.07) is 0. The van der Waals surface area contributed by atoms with Crippen molar-refractivity contribution in [3.8, 4) is 0 Å². The van der Waals surface area contributed by atoms with Crippen molar-refractivity contribution in [3.63, 3.8) is 0 Å². The Morgan fingerprint density at radius 1 is 0.867 bits per heavy atom. The Morgan fingerprint density at radius 2 is 1.13 bits per heavy atom. The molecule has 0 aromatic rings. The zero-order chi connectivity index (χ0) is 11.4. The summed E-state index contributed by atoms with van der Waals surface area (Å²) in [4.78, 5) is 19.5. The van der Waals surface area contributed by atoms with E-state index in [1.54, 1.807) is 0 Å². The summed E-state index contributed by atoms with van der Waals surface area (Å²) < 4.78 is 0. The van der Waals surface area contributed by atoms with Gasteiger partial charge in [0.25, 0.3) is 0 Å². The van der Waals surface area contributed by atoms with Gasteiger partial charge in [0, 0.05) is 32.3 Å². The van der Waals surface area contributed by atoms with E-state index in [4.69, 9.17) is 10.2 Å². The van der Waals surface area contributed by atoms with Crippen LogP contribution in [0.1, 0.15) is 52.4 Å². The van der Waals surface area contributed by atoms with Gasteiger partial charge in [-0.25, -0.2) is 0 Å². The summed E-state index contributed by atoms with van der Waals surface area (Å²) >= 11 is 0. The van der Waals surface area contributed by atoms with Crippen molar-refractivity contribution in [2.45, 2.75) is 52.4 Å². The molecule has 0 heterocycles. The Hall–Kier alpha value is -0.437. The van der Waals surface area contributed by atoms with Crippen LogP contribution in [0.25, 0.3) is 0 Å². The van der Waals surface area contributed by atoms with Crippen LogP contribution in [-0.2, 0) is 29.1 Å². The van der Waals surface area contributed by atoms with Crippen molar-refractivity contribution in [3.05, 3.63) is 0 Å². The van der Waals surface area contributed by atoms with Crippen LogP contribution in [0.5, 0.6) is 0 Å². The van der Waals surface area contributed by atoms with E-state index < -0.39 is 11.9 Å². The van der Waals surface area contributed by atoms with Gasteiger partial charge in [0.2, 0.25) is 0 Å². The molecule has 0 spiro atoms. The van der Waals surface area contributed by atoms with E-state index in [-0.39, 0.29) is 19.5 Å². The van der Waals surface area contributed by atoms with Gasteiger partial charge in [-0.15, -0.1) is 0 Å². The average molecular weight is 270 g/mol. The van der Waals surface area contributed by atoms with Gasteiger partial charge in [0.05, 0.1) is 0 Å². The van der Waals surface area contributed by atoms with Gasteiger partial charge in [0.1, 0.15) is 0 Å². The van der Waals surface area contributed by atoms with Crippen molar-refractivity contribution < 1.29 is 39.3 Å². The maximum absolute atomic E-state index is 9.76. The molecule has 0 unspecified atom stereocenters. The molecule has 0 aliphatic carbocycles. The molecule has 2 N–H and O–H groups in total. The van der Waals surface area contributed by atoms with Crippen LogP contribution in [0.3, 0.4) is 0 Å². The number of hydrogen-bond acceptors (Lipinski definition) is 2. The number of hydrogen-bond donors (Lipinski definition) is 2. The third-order valence-electron chi connectivity index (χ3n) is 1.49. The maximum atomic E-state index is 9.76. The molecule has 0 bridgehead atoms. The first kappa shape index (κ1) is 20.0. The smallest absolute Gasteiger partial charge is 0.303 e. The largest absolute Gasteiger partial charge is 0.481 e. The zero-order valence-electron chi connectivity index (χ0n) is 9.66. The third kappa shape index (κ3) is 31.7. The molecular weight excluding hydrogens is 249 g/mol. The molecule has 0 rings (SSSR count). The Kier molecular flexibility index (Phi) is 21.4. The number of carbonyl (C=O) groups is 2. The molecular formula is C10H20O4Zn. The first-order chi connectivity index (χ1) is 6.54. The minimum Gasteiger partial charge on any atom is -0.481 e. The normalized spacial score (nSPS) is 8.13. The van der Waals surface area contributed by atoms with E-state index in [0.29, 0.717) is 12.8 Å². The molecule has 0 aliphatic heterocycles. The Morgan fingerprint density at radius 3 is 1.20 bits per heavy atom. The fraction of sp³-hybridized carbons (Fsp3) is 0.800. The van der Waals surface area contributed by atoms with E-state index >= 15 is 0 Å². The molecule has 0 atom stereocenters. The van der Waals surface area contributed by atoms with Crippen molar-refractivity contribution in [1.29, 1.82) is 0 Å². The molecule has 0 aromatic carbocycles. The molecule has 0 aromatic heterocycles. The zero-order valence-corrected chi connectivity index (χ0v) is 12.6. The molecule has 86 valence electrons. The van der Waals surface area contributed by atoms with Crippen LogP contribution < -0.4 is 0 Å². The van der Waals surface area contributed by atoms with Gasteiger partial charge in [-0.3, -0.25) is 9.59 Å². The second kappa shape index (κ2) is 16.0. The van der Waals surface area contributed by atoms with Crippen LogP contribution in [-0.4, -0.2) is 22.2 Å². The summed E-state index contributed by atoms with van der Waals surface area (Å²) in [6.45, 7) is 3.95. The standard InChI is InChI=1S/2C5H10O2.Zn/c2*1-2-3-4-5(6)7;/h2*2-4H2,1H3,(H,6,7);. The van der Waals surface area contributed by atoms with Crippen LogP contribution in [0.2, 0.25) is 0 Å². The predicted molar refractivity (Wildman–Crippen MR) is 54.3 cm³/mol. The van der Waals surface area contributed by atoms with Gasteiger partial charge >= 0.3 is 11.9 Å². The summed E-state index contributed by atoms with van der Waals surface area (Å²) in [7, 11) is 0. The van der Waals surface area contributed by atoms with Gasteiger partial charge in [-0.1, -0.05) is 26.7 Å². The Bertz CT molecular complexity index is 142. The molecule has 0 fully saturated rings. The molecule has 0 amide bonds. The predicted octanol–water partition coefficient (Wildman–Crippen LogP) is 2.52. The SMILES string of the molecule is CCCCC(=O)O.CCCCC(=O)O.[Zn]. The fourth-order valence-corrected chi connectivity index (χ4v) is 0.656. The molecule has 0 saturated carbocycles. The minimum atomic E-state index is -0.693. The number of unbranched alkanes of at least 4 members (excludes halogenated alkanes) is 2. The van der Waals surface area contributed by atoms with E-state index in [0.717, 1.165) is 25.7 Å². The van der Waals surface area contributed by atoms with Crippen LogP contribution in [0.4, 0.5) is 0 Å². The van der Waals surface area contributed by atoms with Gasteiger partial charge in [-0.05, 0) is 12.8 Å². The summed E-state index contributed by atoms with van der Waals surface area (Å²) in [6.07, 6.45) is 4.16. The Balaban J connectivity index is -0.000000180. The van der Waals surface area contributed by atoms with E-state index in [2.05, 4.69) is 0 Å². The van der Waals surface area contributed by atoms with Crippen LogP contribution >= 0.6 is 0 Å². The number of carboxylic acid groups (broad SMARTS) is 2. The second-order valence-electron chi connectivity index (χ2n) is 2.99. The summed E-state index contributed by atoms with van der Waals surface area (Å²) in [5.74, 6) is -1.39. The van der Waals surface area contributed by atoms with Crippen LogP contribution in [0.15, 0.2) is 0 Å². The van der Waals surface area contributed by atoms with Crippen molar-refractivity contribution in [2.24, 2.45) is 0 Å². The monoisotopic (exact) mass is 268 g/mol. The van der Waals surface area contributed by atoms with Gasteiger partial charge in [-0.2, -0.15) is 0 Å². The minimum absolute atomic E-state index is 0. The first-order valence-corrected chi connectivity index (χ1v) is 4.98. The summed E-state index contributed by atoms with van der Waals surface area (Å²) in [5.41, 5.74) is 0. The van der Waals surface area contributed by atoms with E-state index in [1.165, 1.54) is 0 Å². The first-order valence-electron chi connectivity index (χ1n) is 4.98. The van der Waals surface area contributed by atoms with Crippen molar-refractivity contribution in [2.75, 3.05) is 0 Å². The van der Waals surface area contributed by atoms with Crippen LogP contribution in [0, 0.1) is 0 Å². The molecule has 15 heavy (non-hydrogen) atoms. The molecule has 0 radical (unpaired) electrons. The number of aliphatic carboxylic acids is 2. The van der Waals surface area contributed by atoms with Crippen molar-refractivity contribution in [1.82, 2.24) is 0 Å². The topological polar surface area (TPSA) is 74.6 Å². The van der Waals surface area contributed by atoms with E-state index in [9.17, 15) is 9.59 Å². The number of rotatable bonds is 6. The molecule has 5 heteroatoms. The quantitative estimate of drug-likeness (QED) is 0.727. The summed E-state index contributed by atoms with van der Waals surface area (Å²) in [5, 5.41) is 16.1. The number of carboxylic acids is 2. The average Bonchev–Trinajstić information content (AvgIpc) is 2.12. The molecule has 0 aliphatic rings. The second-order valence-corrected chi connectivity index (χ2v) is 2.99. The van der Waals surface area contributed by atoms with Crippen molar-refractivity contribution >= 4 is 11.9 Å².